The van der Waals surface area contributed by atoms with Crippen LogP contribution in [0.5, 0.6) is 0 Å². The summed E-state index contributed by atoms with van der Waals surface area (Å²) < 4.78 is 0. The van der Waals surface area contributed by atoms with E-state index in [1.165, 1.54) is 0 Å². The third-order valence-electron chi connectivity index (χ3n) is 4.25. The Morgan fingerprint density at radius 3 is 2.15 bits per heavy atom. The number of halogens is 1. The van der Waals surface area contributed by atoms with Crippen LogP contribution in [0, 0.1) is 27.2 Å². The van der Waals surface area contributed by atoms with Crippen LogP contribution in [0.15, 0.2) is 36.4 Å². The molecule has 0 aliphatic carbocycles. The molecule has 0 spiro atoms. The Balaban J connectivity index is 1.84. The second-order valence-electron chi connectivity index (χ2n) is 6.67. The largest absolute Gasteiger partial charge is 0.326 e. The van der Waals surface area contributed by atoms with E-state index in [0.29, 0.717) is 22.3 Å². The summed E-state index contributed by atoms with van der Waals surface area (Å²) in [4.78, 5) is 56.3. The lowest BCUT2D eigenvalue weighted by molar-refractivity contribution is -0.394. The molecule has 0 aliphatic heterocycles. The van der Waals surface area contributed by atoms with E-state index in [2.05, 4.69) is 21.5 Å². The van der Waals surface area contributed by atoms with Crippen LogP contribution >= 0.6 is 23.8 Å². The van der Waals surface area contributed by atoms with Gasteiger partial charge in [0.15, 0.2) is 5.11 Å². The van der Waals surface area contributed by atoms with Gasteiger partial charge in [-0.25, -0.2) is 0 Å². The number of hydrazine groups is 1. The van der Waals surface area contributed by atoms with E-state index >= 15 is 0 Å². The molecule has 0 unspecified atom stereocenters. The minimum Gasteiger partial charge on any atom is -0.326 e. The SMILES string of the molecule is Cc1c(Cl)cccc1NC(=O)CCC(=O)NNC(=S)NC(=O)c1cc([N+](=O)[O-])cc([N+](=O)[O-])c1. The van der Waals surface area contributed by atoms with Gasteiger partial charge in [0.1, 0.15) is 0 Å². The summed E-state index contributed by atoms with van der Waals surface area (Å²) in [5.41, 5.74) is 3.91. The number of carbonyl (C=O) groups excluding carboxylic acids is 3. The van der Waals surface area contributed by atoms with Crippen LogP contribution < -0.4 is 21.5 Å². The minimum absolute atomic E-state index is 0.157. The highest BCUT2D eigenvalue weighted by Gasteiger charge is 2.20. The summed E-state index contributed by atoms with van der Waals surface area (Å²) >= 11 is 10.8. The Bertz CT molecular complexity index is 1160. The topological polar surface area (TPSA) is 186 Å². The minimum atomic E-state index is -0.977. The average Bonchev–Trinajstić information content (AvgIpc) is 2.78. The van der Waals surface area contributed by atoms with Crippen LogP contribution in [0.1, 0.15) is 28.8 Å². The number of hydrogen-bond donors (Lipinski definition) is 4. The number of nitro benzene ring substituents is 2. The molecule has 34 heavy (non-hydrogen) atoms. The van der Waals surface area contributed by atoms with Crippen molar-refractivity contribution in [2.75, 3.05) is 5.32 Å². The van der Waals surface area contributed by atoms with Crippen molar-refractivity contribution in [3.05, 3.63) is 72.8 Å². The summed E-state index contributed by atoms with van der Waals surface area (Å²) in [6.45, 7) is 1.73. The van der Waals surface area contributed by atoms with Gasteiger partial charge < -0.3 is 5.32 Å². The first-order valence-electron chi connectivity index (χ1n) is 9.37. The molecule has 15 heteroatoms. The number of anilines is 1. The number of thiocarbonyl (C=S) groups is 1. The van der Waals surface area contributed by atoms with Crippen LogP contribution in [-0.4, -0.2) is 32.7 Å². The number of nitrogens with one attached hydrogen (secondary N) is 4. The third kappa shape index (κ3) is 7.46. The number of benzene rings is 2. The monoisotopic (exact) mass is 508 g/mol. The van der Waals surface area contributed by atoms with Gasteiger partial charge in [-0.15, -0.1) is 0 Å². The number of non-ortho nitro benzene ring substituents is 2. The molecule has 2 aromatic carbocycles. The molecule has 0 radical (unpaired) electrons. The zero-order valence-corrected chi connectivity index (χ0v) is 19.0. The fourth-order valence-corrected chi connectivity index (χ4v) is 2.83. The molecule has 2 rings (SSSR count). The van der Waals surface area contributed by atoms with Crippen molar-refractivity contribution in [1.82, 2.24) is 16.2 Å². The fourth-order valence-electron chi connectivity index (χ4n) is 2.52. The molecule has 0 aliphatic rings. The summed E-state index contributed by atoms with van der Waals surface area (Å²) in [5.74, 6) is -2.03. The summed E-state index contributed by atoms with van der Waals surface area (Å²) in [6, 6.07) is 7.39. The van der Waals surface area contributed by atoms with E-state index in [-0.39, 0.29) is 23.5 Å². The zero-order chi connectivity index (χ0) is 25.4. The molecule has 13 nitrogen and oxygen atoms in total. The van der Waals surface area contributed by atoms with E-state index < -0.39 is 38.9 Å². The summed E-state index contributed by atoms with van der Waals surface area (Å²) in [5, 5.41) is 26.7. The van der Waals surface area contributed by atoms with Gasteiger partial charge >= 0.3 is 0 Å². The normalized spacial score (nSPS) is 10.1. The zero-order valence-electron chi connectivity index (χ0n) is 17.4. The van der Waals surface area contributed by atoms with Gasteiger partial charge in [-0.1, -0.05) is 17.7 Å². The summed E-state index contributed by atoms with van der Waals surface area (Å²) in [6.07, 6.45) is -0.373. The van der Waals surface area contributed by atoms with Crippen molar-refractivity contribution in [2.45, 2.75) is 19.8 Å². The van der Waals surface area contributed by atoms with E-state index in [4.69, 9.17) is 23.8 Å². The van der Waals surface area contributed by atoms with Crippen molar-refractivity contribution < 1.29 is 24.2 Å². The fraction of sp³-hybridized carbons (Fsp3) is 0.158. The maximum Gasteiger partial charge on any atom is 0.277 e. The quantitative estimate of drug-likeness (QED) is 0.247. The first kappa shape index (κ1) is 26.1. The lowest BCUT2D eigenvalue weighted by atomic mass is 10.1. The van der Waals surface area contributed by atoms with Crippen molar-refractivity contribution in [3.63, 3.8) is 0 Å². The Labute approximate surface area is 202 Å². The first-order valence-corrected chi connectivity index (χ1v) is 10.2. The van der Waals surface area contributed by atoms with E-state index in [1.54, 1.807) is 25.1 Å². The first-order chi connectivity index (χ1) is 16.0. The van der Waals surface area contributed by atoms with Gasteiger partial charge in [-0.2, -0.15) is 0 Å². The molecule has 0 heterocycles. The second kappa shape index (κ2) is 11.6. The van der Waals surface area contributed by atoms with E-state index in [0.717, 1.165) is 12.1 Å². The van der Waals surface area contributed by atoms with E-state index in [9.17, 15) is 34.6 Å². The Kier molecular flexibility index (Phi) is 8.92. The highest BCUT2D eigenvalue weighted by molar-refractivity contribution is 7.80. The molecular weight excluding hydrogens is 492 g/mol. The van der Waals surface area contributed by atoms with Crippen LogP contribution in [0.4, 0.5) is 17.1 Å². The molecule has 178 valence electrons. The lowest BCUT2D eigenvalue weighted by Crippen LogP contribution is -2.48. The highest BCUT2D eigenvalue weighted by Crippen LogP contribution is 2.23. The van der Waals surface area contributed by atoms with Crippen molar-refractivity contribution in [1.29, 1.82) is 0 Å². The molecule has 0 saturated carbocycles. The molecule has 0 atom stereocenters. The number of amides is 3. The average molecular weight is 509 g/mol. The second-order valence-corrected chi connectivity index (χ2v) is 7.48. The van der Waals surface area contributed by atoms with Gasteiger partial charge in [-0.3, -0.25) is 50.8 Å². The molecule has 2 aromatic rings. The van der Waals surface area contributed by atoms with Crippen LogP contribution in [0.2, 0.25) is 5.02 Å². The van der Waals surface area contributed by atoms with Crippen molar-refractivity contribution in [2.24, 2.45) is 0 Å². The molecule has 3 amide bonds. The lowest BCUT2D eigenvalue weighted by Gasteiger charge is -2.11. The van der Waals surface area contributed by atoms with Gasteiger partial charge in [0.05, 0.1) is 21.5 Å². The number of rotatable bonds is 7. The maximum atomic E-state index is 12.2. The van der Waals surface area contributed by atoms with Gasteiger partial charge in [0.25, 0.3) is 17.3 Å². The number of hydrogen-bond acceptors (Lipinski definition) is 8. The standard InChI is InChI=1S/C19H17ClN6O7S/c1-10-14(20)3-2-4-15(10)21-16(27)5-6-17(28)23-24-19(34)22-18(29)11-7-12(25(30)31)9-13(8-11)26(32)33/h2-4,7-9H,5-6H2,1H3,(H,21,27)(H,23,28)(H2,22,24,29,34). The molecule has 0 aromatic heterocycles. The number of carbonyl (C=O) groups is 3. The molecule has 0 fully saturated rings. The van der Waals surface area contributed by atoms with Crippen LogP contribution in [0.25, 0.3) is 0 Å². The van der Waals surface area contributed by atoms with Crippen molar-refractivity contribution in [3.8, 4) is 0 Å². The predicted molar refractivity (Wildman–Crippen MR) is 125 cm³/mol. The van der Waals surface area contributed by atoms with Crippen molar-refractivity contribution >= 4 is 63.7 Å². The third-order valence-corrected chi connectivity index (χ3v) is 4.86. The predicted octanol–water partition coefficient (Wildman–Crippen LogP) is 2.52. The molecular formula is C19H17ClN6O7S. The van der Waals surface area contributed by atoms with Crippen LogP contribution in [0.3, 0.4) is 0 Å². The van der Waals surface area contributed by atoms with Gasteiger partial charge in [0, 0.05) is 35.7 Å². The maximum absolute atomic E-state index is 12.2. The summed E-state index contributed by atoms with van der Waals surface area (Å²) in [7, 11) is 0. The van der Waals surface area contributed by atoms with Crippen LogP contribution in [-0.2, 0) is 9.59 Å². The van der Waals surface area contributed by atoms with Gasteiger partial charge in [-0.05, 0) is 36.8 Å². The Hall–Kier alpha value is -4.17. The van der Waals surface area contributed by atoms with Gasteiger partial charge in [0.2, 0.25) is 11.8 Å². The smallest absolute Gasteiger partial charge is 0.277 e. The number of nitrogens with zero attached hydrogens (tertiary/aromatic N) is 2. The highest BCUT2D eigenvalue weighted by atomic mass is 35.5. The molecule has 0 saturated heterocycles. The molecule has 4 N–H and O–H groups in total. The Morgan fingerprint density at radius 1 is 0.971 bits per heavy atom. The van der Waals surface area contributed by atoms with E-state index in [1.807, 2.05) is 0 Å². The Morgan fingerprint density at radius 2 is 1.56 bits per heavy atom. The number of nitro groups is 2. The molecule has 0 bridgehead atoms.